The smallest absolute Gasteiger partial charge is 0.257 e. The van der Waals surface area contributed by atoms with Crippen molar-refractivity contribution >= 4 is 44.0 Å². The van der Waals surface area contributed by atoms with Crippen LogP contribution in [0.2, 0.25) is 5.02 Å². The van der Waals surface area contributed by atoms with E-state index in [4.69, 9.17) is 11.6 Å². The van der Waals surface area contributed by atoms with Gasteiger partial charge in [-0.15, -0.1) is 11.3 Å². The second kappa shape index (κ2) is 6.56. The van der Waals surface area contributed by atoms with E-state index >= 15 is 0 Å². The standard InChI is InChI=1S/C14H16ClN3O3S2/c1-14(2,3)18-23(20,21)11-8-9(4-5-10(11)15)12(19)17-13-16-6-7-22-13/h4-8,18H,1-3H3,(H,16,17,19). The highest BCUT2D eigenvalue weighted by Crippen LogP contribution is 2.24. The predicted octanol–water partition coefficient (Wildman–Crippen LogP) is 3.13. The summed E-state index contributed by atoms with van der Waals surface area (Å²) in [7, 11) is -3.84. The molecule has 0 atom stereocenters. The van der Waals surface area contributed by atoms with Crippen molar-refractivity contribution in [3.8, 4) is 0 Å². The van der Waals surface area contributed by atoms with E-state index < -0.39 is 21.5 Å². The first-order valence-corrected chi connectivity index (χ1v) is 9.37. The van der Waals surface area contributed by atoms with Crippen LogP contribution in [-0.4, -0.2) is 24.8 Å². The minimum atomic E-state index is -3.84. The Morgan fingerprint density at radius 3 is 2.57 bits per heavy atom. The maximum Gasteiger partial charge on any atom is 0.257 e. The van der Waals surface area contributed by atoms with Gasteiger partial charge in [-0.05, 0) is 39.0 Å². The Labute approximate surface area is 143 Å². The molecular weight excluding hydrogens is 358 g/mol. The molecule has 0 aliphatic heterocycles. The van der Waals surface area contributed by atoms with Gasteiger partial charge >= 0.3 is 0 Å². The summed E-state index contributed by atoms with van der Waals surface area (Å²) in [5.74, 6) is -0.455. The molecular formula is C14H16ClN3O3S2. The van der Waals surface area contributed by atoms with Gasteiger partial charge in [-0.1, -0.05) is 11.6 Å². The molecule has 23 heavy (non-hydrogen) atoms. The van der Waals surface area contributed by atoms with Gasteiger partial charge in [0.25, 0.3) is 5.91 Å². The van der Waals surface area contributed by atoms with Crippen molar-refractivity contribution in [1.29, 1.82) is 0 Å². The van der Waals surface area contributed by atoms with Crippen LogP contribution in [0.3, 0.4) is 0 Å². The van der Waals surface area contributed by atoms with E-state index in [0.29, 0.717) is 5.13 Å². The lowest BCUT2D eigenvalue weighted by Crippen LogP contribution is -2.40. The van der Waals surface area contributed by atoms with E-state index in [-0.39, 0.29) is 15.5 Å². The molecule has 0 radical (unpaired) electrons. The number of carbonyl (C=O) groups excluding carboxylic acids is 1. The molecule has 0 fully saturated rings. The summed E-state index contributed by atoms with van der Waals surface area (Å²) in [6, 6.07) is 4.09. The van der Waals surface area contributed by atoms with Crippen LogP contribution in [0, 0.1) is 0 Å². The van der Waals surface area contributed by atoms with Crippen molar-refractivity contribution < 1.29 is 13.2 Å². The molecule has 0 aliphatic carbocycles. The first-order valence-electron chi connectivity index (χ1n) is 6.63. The van der Waals surface area contributed by atoms with E-state index in [2.05, 4.69) is 15.0 Å². The molecule has 2 N–H and O–H groups in total. The number of halogens is 1. The third kappa shape index (κ3) is 4.74. The van der Waals surface area contributed by atoms with Crippen molar-refractivity contribution in [2.45, 2.75) is 31.2 Å². The molecule has 2 rings (SSSR count). The van der Waals surface area contributed by atoms with Crippen LogP contribution in [0.4, 0.5) is 5.13 Å². The maximum absolute atomic E-state index is 12.4. The second-order valence-electron chi connectivity index (χ2n) is 5.79. The summed E-state index contributed by atoms with van der Waals surface area (Å²) >= 11 is 7.26. The Kier molecular flexibility index (Phi) is 5.10. The lowest BCUT2D eigenvalue weighted by atomic mass is 10.1. The number of hydrogen-bond acceptors (Lipinski definition) is 5. The highest BCUT2D eigenvalue weighted by molar-refractivity contribution is 7.89. The first-order chi connectivity index (χ1) is 10.6. The molecule has 0 spiro atoms. The zero-order valence-corrected chi connectivity index (χ0v) is 15.1. The third-order valence-electron chi connectivity index (χ3n) is 2.58. The summed E-state index contributed by atoms with van der Waals surface area (Å²) in [4.78, 5) is 16.0. The van der Waals surface area contributed by atoms with Crippen LogP contribution in [-0.2, 0) is 10.0 Å². The Bertz CT molecular complexity index is 812. The van der Waals surface area contributed by atoms with Crippen LogP contribution in [0.1, 0.15) is 31.1 Å². The summed E-state index contributed by atoms with van der Waals surface area (Å²) < 4.78 is 27.4. The molecule has 0 saturated heterocycles. The number of aromatic nitrogens is 1. The van der Waals surface area contributed by atoms with E-state index in [1.165, 1.54) is 29.5 Å². The minimum absolute atomic E-state index is 0.0487. The lowest BCUT2D eigenvalue weighted by molar-refractivity contribution is 0.102. The van der Waals surface area contributed by atoms with E-state index in [0.717, 1.165) is 0 Å². The van der Waals surface area contributed by atoms with Crippen LogP contribution < -0.4 is 10.0 Å². The number of nitrogens with zero attached hydrogens (tertiary/aromatic N) is 1. The van der Waals surface area contributed by atoms with Crippen molar-refractivity contribution in [1.82, 2.24) is 9.71 Å². The molecule has 0 unspecified atom stereocenters. The van der Waals surface area contributed by atoms with E-state index in [1.807, 2.05) is 0 Å². The fraction of sp³-hybridized carbons (Fsp3) is 0.286. The van der Waals surface area contributed by atoms with Crippen LogP contribution in [0.25, 0.3) is 0 Å². The molecule has 1 amide bonds. The molecule has 1 aromatic heterocycles. The predicted molar refractivity (Wildman–Crippen MR) is 91.6 cm³/mol. The Hall–Kier alpha value is -1.48. The number of sulfonamides is 1. The lowest BCUT2D eigenvalue weighted by Gasteiger charge is -2.21. The van der Waals surface area contributed by atoms with Gasteiger partial charge in [0.1, 0.15) is 4.90 Å². The molecule has 6 nitrogen and oxygen atoms in total. The number of hydrogen-bond donors (Lipinski definition) is 2. The largest absolute Gasteiger partial charge is 0.298 e. The second-order valence-corrected chi connectivity index (χ2v) is 8.74. The van der Waals surface area contributed by atoms with Gasteiger partial charge < -0.3 is 0 Å². The highest BCUT2D eigenvalue weighted by atomic mass is 35.5. The van der Waals surface area contributed by atoms with E-state index in [9.17, 15) is 13.2 Å². The molecule has 0 aliphatic rings. The summed E-state index contributed by atoms with van der Waals surface area (Å²) in [6.45, 7) is 5.16. The normalized spacial score (nSPS) is 12.2. The zero-order valence-electron chi connectivity index (χ0n) is 12.8. The molecule has 1 heterocycles. The number of thiazole rings is 1. The number of benzene rings is 1. The first kappa shape index (κ1) is 17.9. The van der Waals surface area contributed by atoms with Crippen molar-refractivity contribution in [2.75, 3.05) is 5.32 Å². The number of amides is 1. The van der Waals surface area contributed by atoms with Crippen LogP contribution >= 0.6 is 22.9 Å². The number of carbonyl (C=O) groups is 1. The Morgan fingerprint density at radius 1 is 1.30 bits per heavy atom. The molecule has 0 bridgehead atoms. The van der Waals surface area contributed by atoms with Gasteiger partial charge in [-0.2, -0.15) is 0 Å². The van der Waals surface area contributed by atoms with Gasteiger partial charge in [-0.25, -0.2) is 18.1 Å². The van der Waals surface area contributed by atoms with Crippen molar-refractivity contribution in [3.63, 3.8) is 0 Å². The quantitative estimate of drug-likeness (QED) is 0.861. The van der Waals surface area contributed by atoms with E-state index in [1.54, 1.807) is 32.3 Å². The molecule has 124 valence electrons. The van der Waals surface area contributed by atoms with Gasteiger partial charge in [0.2, 0.25) is 10.0 Å². The fourth-order valence-corrected chi connectivity index (χ4v) is 4.23. The van der Waals surface area contributed by atoms with Gasteiger partial charge in [0, 0.05) is 22.7 Å². The van der Waals surface area contributed by atoms with Gasteiger partial charge in [-0.3, -0.25) is 10.1 Å². The van der Waals surface area contributed by atoms with Crippen molar-refractivity contribution in [3.05, 3.63) is 40.4 Å². The third-order valence-corrected chi connectivity index (χ3v) is 5.50. The van der Waals surface area contributed by atoms with Gasteiger partial charge in [0.15, 0.2) is 5.13 Å². The number of anilines is 1. The summed E-state index contributed by atoms with van der Waals surface area (Å²) in [5.41, 5.74) is -0.486. The number of rotatable bonds is 4. The minimum Gasteiger partial charge on any atom is -0.298 e. The highest BCUT2D eigenvalue weighted by Gasteiger charge is 2.25. The SMILES string of the molecule is CC(C)(C)NS(=O)(=O)c1cc(C(=O)Nc2nccs2)ccc1Cl. The van der Waals surface area contributed by atoms with Crippen LogP contribution in [0.5, 0.6) is 0 Å². The molecule has 0 saturated carbocycles. The molecule has 2 aromatic rings. The fourth-order valence-electron chi connectivity index (χ4n) is 1.76. The number of nitrogens with one attached hydrogen (secondary N) is 2. The maximum atomic E-state index is 12.4. The molecule has 1 aromatic carbocycles. The monoisotopic (exact) mass is 373 g/mol. The summed E-state index contributed by atoms with van der Waals surface area (Å²) in [6.07, 6.45) is 1.56. The summed E-state index contributed by atoms with van der Waals surface area (Å²) in [5, 5.41) is 4.80. The zero-order chi connectivity index (χ0) is 17.3. The van der Waals surface area contributed by atoms with Crippen LogP contribution in [0.15, 0.2) is 34.7 Å². The Morgan fingerprint density at radius 2 is 2.00 bits per heavy atom. The van der Waals surface area contributed by atoms with Gasteiger partial charge in [0.05, 0.1) is 5.02 Å². The van der Waals surface area contributed by atoms with Crippen molar-refractivity contribution in [2.24, 2.45) is 0 Å². The topological polar surface area (TPSA) is 88.2 Å². The Balaban J connectivity index is 2.34. The average molecular weight is 374 g/mol. The average Bonchev–Trinajstić information content (AvgIpc) is 2.88. The molecule has 9 heteroatoms.